The van der Waals surface area contributed by atoms with Gasteiger partial charge in [-0.05, 0) is 5.21 Å². The lowest BCUT2D eigenvalue weighted by Crippen LogP contribution is -2.30. The topological polar surface area (TPSA) is 99.0 Å². The Kier molecular flexibility index (Phi) is 4.69. The summed E-state index contributed by atoms with van der Waals surface area (Å²) in [6.07, 6.45) is -10.3. The fraction of sp³-hybridized carbons (Fsp3) is 0.571. The van der Waals surface area contributed by atoms with Crippen LogP contribution in [0.5, 0.6) is 0 Å². The fourth-order valence-electron chi connectivity index (χ4n) is 0.862. The van der Waals surface area contributed by atoms with Crippen LogP contribution in [0.15, 0.2) is 0 Å². The first-order valence-electron chi connectivity index (χ1n) is 4.90. The van der Waals surface area contributed by atoms with Crippen LogP contribution in [0.3, 0.4) is 0 Å². The van der Waals surface area contributed by atoms with E-state index in [1.54, 1.807) is 0 Å². The Morgan fingerprint density at radius 2 is 1.76 bits per heavy atom. The van der Waals surface area contributed by atoms with Gasteiger partial charge >= 0.3 is 24.2 Å². The molecule has 1 amide bonds. The van der Waals surface area contributed by atoms with Crippen LogP contribution in [-0.2, 0) is 20.9 Å². The predicted octanol–water partition coefficient (Wildman–Crippen LogP) is 0.279. The van der Waals surface area contributed by atoms with E-state index in [2.05, 4.69) is 20.1 Å². The molecule has 0 unspecified atom stereocenters. The van der Waals surface area contributed by atoms with E-state index < -0.39 is 43.3 Å². The van der Waals surface area contributed by atoms with Crippen molar-refractivity contribution in [3.05, 3.63) is 0 Å². The van der Waals surface area contributed by atoms with E-state index in [1.165, 1.54) is 5.32 Å². The van der Waals surface area contributed by atoms with Crippen LogP contribution in [0.1, 0.15) is 0 Å². The van der Waals surface area contributed by atoms with E-state index in [-0.39, 0.29) is 0 Å². The average Bonchev–Trinajstić information content (AvgIpc) is 2.74. The monoisotopic (exact) mass is 321 g/mol. The fourth-order valence-corrected chi connectivity index (χ4v) is 0.862. The van der Waals surface area contributed by atoms with Crippen molar-refractivity contribution in [2.24, 2.45) is 0 Å². The standard InChI is InChI=1S/C7H5F6N5O3/c8-6(9,10)3(19)14-5-15-17-18(16-5)1-2-21-4(20)7(11,12)13/h1-2H2,(H,14,16,19). The summed E-state index contributed by atoms with van der Waals surface area (Å²) in [5, 5.41) is 10.6. The Bertz CT molecular complexity index is 524. The molecule has 0 bridgehead atoms. The first-order chi connectivity index (χ1) is 9.50. The van der Waals surface area contributed by atoms with Crippen LogP contribution >= 0.6 is 0 Å². The molecule has 0 aliphatic carbocycles. The zero-order valence-corrected chi connectivity index (χ0v) is 9.70. The number of amides is 1. The molecule has 0 aliphatic heterocycles. The second kappa shape index (κ2) is 5.92. The number of ether oxygens (including phenoxy) is 1. The van der Waals surface area contributed by atoms with Crippen molar-refractivity contribution >= 4 is 17.8 Å². The number of tetrazole rings is 1. The molecule has 1 aromatic rings. The van der Waals surface area contributed by atoms with E-state index in [0.717, 1.165) is 0 Å². The summed E-state index contributed by atoms with van der Waals surface area (Å²) in [4.78, 5) is 21.4. The Morgan fingerprint density at radius 1 is 1.14 bits per heavy atom. The van der Waals surface area contributed by atoms with Gasteiger partial charge in [0.1, 0.15) is 6.61 Å². The summed E-state index contributed by atoms with van der Waals surface area (Å²) in [7, 11) is 0. The maximum absolute atomic E-state index is 11.9. The molecule has 8 nitrogen and oxygen atoms in total. The second-order valence-electron chi connectivity index (χ2n) is 3.29. The van der Waals surface area contributed by atoms with Gasteiger partial charge in [0.25, 0.3) is 5.95 Å². The van der Waals surface area contributed by atoms with E-state index in [9.17, 15) is 35.9 Å². The molecule has 21 heavy (non-hydrogen) atoms. The molecule has 0 aliphatic rings. The lowest BCUT2D eigenvalue weighted by molar-refractivity contribution is -0.200. The number of alkyl halides is 6. The van der Waals surface area contributed by atoms with E-state index in [0.29, 0.717) is 4.80 Å². The van der Waals surface area contributed by atoms with Crippen LogP contribution in [0, 0.1) is 0 Å². The normalized spacial score (nSPS) is 12.1. The van der Waals surface area contributed by atoms with Crippen molar-refractivity contribution in [2.75, 3.05) is 11.9 Å². The largest absolute Gasteiger partial charge is 0.490 e. The molecule has 0 spiro atoms. The molecule has 0 aromatic carbocycles. The van der Waals surface area contributed by atoms with Gasteiger partial charge in [-0.25, -0.2) is 4.79 Å². The molecule has 0 radical (unpaired) electrons. The van der Waals surface area contributed by atoms with Crippen molar-refractivity contribution in [1.82, 2.24) is 20.2 Å². The number of carbonyl (C=O) groups excluding carboxylic acids is 2. The third kappa shape index (κ3) is 5.23. The number of rotatable bonds is 4. The van der Waals surface area contributed by atoms with Crippen molar-refractivity contribution in [2.45, 2.75) is 18.9 Å². The highest BCUT2D eigenvalue weighted by Crippen LogP contribution is 2.17. The van der Waals surface area contributed by atoms with Crippen molar-refractivity contribution in [3.8, 4) is 0 Å². The summed E-state index contributed by atoms with van der Waals surface area (Å²) >= 11 is 0. The molecular weight excluding hydrogens is 316 g/mol. The molecular formula is C7H5F6N5O3. The summed E-state index contributed by atoms with van der Waals surface area (Å²) in [6.45, 7) is -1.29. The first kappa shape index (κ1) is 16.6. The van der Waals surface area contributed by atoms with Crippen LogP contribution in [0.2, 0.25) is 0 Å². The molecule has 0 fully saturated rings. The number of nitrogens with zero attached hydrogens (tertiary/aromatic N) is 4. The number of anilines is 1. The number of hydrogen-bond donors (Lipinski definition) is 1. The molecule has 14 heteroatoms. The quantitative estimate of drug-likeness (QED) is 0.632. The van der Waals surface area contributed by atoms with Gasteiger partial charge in [-0.15, -0.1) is 5.10 Å². The number of aromatic nitrogens is 4. The average molecular weight is 321 g/mol. The Morgan fingerprint density at radius 3 is 2.29 bits per heavy atom. The molecule has 1 rings (SSSR count). The third-order valence-electron chi connectivity index (χ3n) is 1.69. The van der Waals surface area contributed by atoms with Crippen molar-refractivity contribution in [1.29, 1.82) is 0 Å². The molecule has 0 saturated carbocycles. The third-order valence-corrected chi connectivity index (χ3v) is 1.69. The highest BCUT2D eigenvalue weighted by molar-refractivity contribution is 5.93. The summed E-state index contributed by atoms with van der Waals surface area (Å²) < 4.78 is 74.7. The van der Waals surface area contributed by atoms with Gasteiger partial charge in [0.05, 0.1) is 6.54 Å². The van der Waals surface area contributed by atoms with Crippen LogP contribution < -0.4 is 5.32 Å². The van der Waals surface area contributed by atoms with Crippen LogP contribution in [0.4, 0.5) is 32.3 Å². The maximum atomic E-state index is 11.9. The smallest absolute Gasteiger partial charge is 0.457 e. The molecule has 1 N–H and O–H groups in total. The van der Waals surface area contributed by atoms with Crippen LogP contribution in [-0.4, -0.2) is 51.0 Å². The zero-order valence-electron chi connectivity index (χ0n) is 9.70. The molecule has 0 atom stereocenters. The number of nitrogens with one attached hydrogen (secondary N) is 1. The molecule has 1 aromatic heterocycles. The number of carbonyl (C=O) groups is 2. The summed E-state index contributed by atoms with van der Waals surface area (Å²) in [5.74, 6) is -5.58. The molecule has 0 saturated heterocycles. The predicted molar refractivity (Wildman–Crippen MR) is 49.5 cm³/mol. The van der Waals surface area contributed by atoms with Gasteiger partial charge in [-0.3, -0.25) is 10.1 Å². The summed E-state index contributed by atoms with van der Waals surface area (Å²) in [6, 6.07) is 0. The lowest BCUT2D eigenvalue weighted by Gasteiger charge is -2.06. The van der Waals surface area contributed by atoms with Gasteiger partial charge in [0, 0.05) is 0 Å². The van der Waals surface area contributed by atoms with Crippen molar-refractivity contribution in [3.63, 3.8) is 0 Å². The number of esters is 1. The van der Waals surface area contributed by atoms with E-state index >= 15 is 0 Å². The minimum Gasteiger partial charge on any atom is -0.457 e. The Labute approximate surface area is 111 Å². The second-order valence-corrected chi connectivity index (χ2v) is 3.29. The minimum absolute atomic E-state index is 0.503. The first-order valence-corrected chi connectivity index (χ1v) is 4.90. The summed E-state index contributed by atoms with van der Waals surface area (Å²) in [5.41, 5.74) is 0. The highest BCUT2D eigenvalue weighted by atomic mass is 19.4. The van der Waals surface area contributed by atoms with Gasteiger partial charge < -0.3 is 4.74 Å². The Balaban J connectivity index is 2.46. The molecule has 1 heterocycles. The molecule has 118 valence electrons. The maximum Gasteiger partial charge on any atom is 0.490 e. The number of hydrogen-bond acceptors (Lipinski definition) is 6. The van der Waals surface area contributed by atoms with Gasteiger partial charge in [-0.1, -0.05) is 5.10 Å². The van der Waals surface area contributed by atoms with Gasteiger partial charge in [-0.2, -0.15) is 31.1 Å². The SMILES string of the molecule is O=C(Nc1nnn(CCOC(=O)C(F)(F)F)n1)C(F)(F)F. The van der Waals surface area contributed by atoms with E-state index in [1.807, 2.05) is 0 Å². The van der Waals surface area contributed by atoms with Gasteiger partial charge in [0.15, 0.2) is 0 Å². The minimum atomic E-state index is -5.17. The van der Waals surface area contributed by atoms with E-state index in [4.69, 9.17) is 0 Å². The zero-order chi connectivity index (χ0) is 16.3. The highest BCUT2D eigenvalue weighted by Gasteiger charge is 2.41. The van der Waals surface area contributed by atoms with Gasteiger partial charge in [0.2, 0.25) is 0 Å². The van der Waals surface area contributed by atoms with Crippen LogP contribution in [0.25, 0.3) is 0 Å². The number of halogens is 6. The van der Waals surface area contributed by atoms with Crippen molar-refractivity contribution < 1.29 is 40.7 Å². The Hall–Kier alpha value is -2.41. The lowest BCUT2D eigenvalue weighted by atomic mass is 10.6.